The first-order valence-electron chi connectivity index (χ1n) is 4.82. The van der Waals surface area contributed by atoms with Gasteiger partial charge in [-0.05, 0) is 32.9 Å². The van der Waals surface area contributed by atoms with Gasteiger partial charge in [0.05, 0.1) is 7.11 Å². The first-order chi connectivity index (χ1) is 7.33. The topological polar surface area (TPSA) is 35.5 Å². The molecular weight excluding hydrogens is 272 g/mol. The number of hydrogen-bond acceptors (Lipinski definition) is 3. The molecule has 1 aromatic carbocycles. The Morgan fingerprint density at radius 3 is 2.56 bits per heavy atom. The lowest BCUT2D eigenvalue weighted by molar-refractivity contribution is 0.00664. The van der Waals surface area contributed by atoms with E-state index in [4.69, 9.17) is 9.47 Å². The lowest BCUT2D eigenvalue weighted by Crippen LogP contribution is -2.24. The van der Waals surface area contributed by atoms with E-state index in [1.165, 1.54) is 7.11 Å². The summed E-state index contributed by atoms with van der Waals surface area (Å²) in [6, 6.07) is 6.13. The number of hydrogen-bond donors (Lipinski definition) is 0. The maximum atomic E-state index is 11.9. The Kier molecular flexibility index (Phi) is 3.97. The molecule has 0 atom stereocenters. The van der Waals surface area contributed by atoms with E-state index in [9.17, 15) is 4.79 Å². The van der Waals surface area contributed by atoms with E-state index in [2.05, 4.69) is 22.0 Å². The Morgan fingerprint density at radius 2 is 2.06 bits per heavy atom. The predicted molar refractivity (Wildman–Crippen MR) is 64.7 cm³/mol. The van der Waals surface area contributed by atoms with Crippen LogP contribution in [0.15, 0.2) is 16.6 Å². The van der Waals surface area contributed by atoms with Gasteiger partial charge in [-0.3, -0.25) is 0 Å². The van der Waals surface area contributed by atoms with E-state index in [0.717, 1.165) is 0 Å². The largest absolute Gasteiger partial charge is 0.496 e. The number of ether oxygens (including phenoxy) is 2. The van der Waals surface area contributed by atoms with Crippen LogP contribution in [0, 0.1) is 6.07 Å². The summed E-state index contributed by atoms with van der Waals surface area (Å²) in [4.78, 5) is 11.9. The van der Waals surface area contributed by atoms with Crippen LogP contribution < -0.4 is 4.74 Å². The van der Waals surface area contributed by atoms with Gasteiger partial charge in [0.15, 0.2) is 0 Å². The van der Waals surface area contributed by atoms with Crippen LogP contribution in [-0.2, 0) is 4.74 Å². The molecule has 0 bridgehead atoms. The van der Waals surface area contributed by atoms with Crippen LogP contribution in [0.1, 0.15) is 31.1 Å². The summed E-state index contributed by atoms with van der Waals surface area (Å²) in [6.45, 7) is 5.46. The minimum Gasteiger partial charge on any atom is -0.496 e. The standard InChI is InChI=1S/C12H14BrO3/c1-12(2,3)16-11(14)9-7-8(13)5-6-10(9)15-4/h6-7H,1-4H3. The first-order valence-corrected chi connectivity index (χ1v) is 5.61. The molecule has 1 aromatic rings. The van der Waals surface area contributed by atoms with Crippen molar-refractivity contribution in [1.29, 1.82) is 0 Å². The summed E-state index contributed by atoms with van der Waals surface area (Å²) in [5.41, 5.74) is -0.128. The molecule has 3 nitrogen and oxygen atoms in total. The monoisotopic (exact) mass is 285 g/mol. The van der Waals surface area contributed by atoms with Crippen molar-refractivity contribution in [3.05, 3.63) is 28.2 Å². The fourth-order valence-corrected chi connectivity index (χ4v) is 1.46. The molecule has 0 aliphatic carbocycles. The number of halogens is 1. The summed E-state index contributed by atoms with van der Waals surface area (Å²) in [7, 11) is 1.50. The molecule has 0 amide bonds. The van der Waals surface area contributed by atoms with Gasteiger partial charge >= 0.3 is 5.97 Å². The maximum Gasteiger partial charge on any atom is 0.342 e. The third-order valence-electron chi connectivity index (χ3n) is 1.72. The Hall–Kier alpha value is -1.03. The van der Waals surface area contributed by atoms with E-state index < -0.39 is 11.6 Å². The fraction of sp³-hybridized carbons (Fsp3) is 0.417. The number of rotatable bonds is 2. The van der Waals surface area contributed by atoms with E-state index in [1.807, 2.05) is 20.8 Å². The second kappa shape index (κ2) is 4.87. The fourth-order valence-electron chi connectivity index (χ4n) is 1.11. The molecule has 0 heterocycles. The summed E-state index contributed by atoms with van der Waals surface area (Å²) in [5.74, 6) is 0.0523. The van der Waals surface area contributed by atoms with Gasteiger partial charge in [-0.1, -0.05) is 15.9 Å². The third-order valence-corrected chi connectivity index (χ3v) is 2.17. The number of benzene rings is 1. The van der Waals surface area contributed by atoms with Gasteiger partial charge in [0.1, 0.15) is 16.9 Å². The van der Waals surface area contributed by atoms with Crippen LogP contribution in [-0.4, -0.2) is 18.7 Å². The van der Waals surface area contributed by atoms with Crippen molar-refractivity contribution in [2.45, 2.75) is 26.4 Å². The zero-order chi connectivity index (χ0) is 12.3. The first kappa shape index (κ1) is 13.0. The maximum absolute atomic E-state index is 11.9. The molecule has 0 saturated heterocycles. The number of carbonyl (C=O) groups is 1. The molecule has 0 saturated carbocycles. The van der Waals surface area contributed by atoms with Crippen molar-refractivity contribution < 1.29 is 14.3 Å². The van der Waals surface area contributed by atoms with Crippen molar-refractivity contribution in [2.75, 3.05) is 7.11 Å². The van der Waals surface area contributed by atoms with Crippen molar-refractivity contribution in [3.8, 4) is 5.75 Å². The smallest absolute Gasteiger partial charge is 0.342 e. The van der Waals surface area contributed by atoms with E-state index in [-0.39, 0.29) is 0 Å². The number of methoxy groups -OCH3 is 1. The minimum atomic E-state index is -0.520. The molecule has 0 spiro atoms. The highest BCUT2D eigenvalue weighted by molar-refractivity contribution is 9.10. The van der Waals surface area contributed by atoms with Crippen molar-refractivity contribution in [3.63, 3.8) is 0 Å². The van der Waals surface area contributed by atoms with E-state index in [1.54, 1.807) is 12.1 Å². The SMILES string of the molecule is COc1c[c]c(Br)cc1C(=O)OC(C)(C)C. The number of esters is 1. The Bertz CT molecular complexity index is 394. The minimum absolute atomic E-state index is 0.392. The molecule has 0 aromatic heterocycles. The van der Waals surface area contributed by atoms with Gasteiger partial charge in [-0.2, -0.15) is 0 Å². The summed E-state index contributed by atoms with van der Waals surface area (Å²) < 4.78 is 11.0. The van der Waals surface area contributed by atoms with Crippen LogP contribution in [0.3, 0.4) is 0 Å². The molecule has 0 unspecified atom stereocenters. The molecule has 4 heteroatoms. The molecule has 0 aliphatic rings. The quantitative estimate of drug-likeness (QED) is 0.783. The summed E-state index contributed by atoms with van der Waals surface area (Å²) in [5, 5.41) is 0. The highest BCUT2D eigenvalue weighted by Crippen LogP contribution is 2.24. The van der Waals surface area contributed by atoms with Gasteiger partial charge in [0, 0.05) is 10.5 Å². The molecule has 1 rings (SSSR count). The van der Waals surface area contributed by atoms with Gasteiger partial charge in [-0.15, -0.1) is 0 Å². The lowest BCUT2D eigenvalue weighted by Gasteiger charge is -2.20. The van der Waals surface area contributed by atoms with Crippen LogP contribution in [0.25, 0.3) is 0 Å². The van der Waals surface area contributed by atoms with E-state index >= 15 is 0 Å². The van der Waals surface area contributed by atoms with Crippen LogP contribution >= 0.6 is 15.9 Å². The Balaban J connectivity index is 3.02. The Morgan fingerprint density at radius 1 is 1.44 bits per heavy atom. The zero-order valence-corrected chi connectivity index (χ0v) is 11.3. The summed E-state index contributed by atoms with van der Waals surface area (Å²) >= 11 is 3.25. The molecule has 0 fully saturated rings. The Labute approximate surface area is 104 Å². The molecule has 0 aliphatic heterocycles. The lowest BCUT2D eigenvalue weighted by atomic mass is 10.1. The predicted octanol–water partition coefficient (Wildman–Crippen LogP) is 3.21. The second-order valence-corrected chi connectivity index (χ2v) is 5.12. The van der Waals surface area contributed by atoms with Crippen molar-refractivity contribution in [1.82, 2.24) is 0 Å². The molecular formula is C12H14BrO3. The summed E-state index contributed by atoms with van der Waals surface area (Å²) in [6.07, 6.45) is 0. The third kappa shape index (κ3) is 3.52. The van der Waals surface area contributed by atoms with Gasteiger partial charge in [0.25, 0.3) is 0 Å². The second-order valence-electron chi connectivity index (χ2n) is 4.26. The van der Waals surface area contributed by atoms with Gasteiger partial charge < -0.3 is 9.47 Å². The number of carbonyl (C=O) groups excluding carboxylic acids is 1. The molecule has 87 valence electrons. The van der Waals surface area contributed by atoms with Crippen molar-refractivity contribution in [2.24, 2.45) is 0 Å². The van der Waals surface area contributed by atoms with Crippen LogP contribution in [0.2, 0.25) is 0 Å². The van der Waals surface area contributed by atoms with Gasteiger partial charge in [-0.25, -0.2) is 4.79 Å². The highest BCUT2D eigenvalue weighted by Gasteiger charge is 2.21. The average molecular weight is 286 g/mol. The molecule has 0 N–H and O–H groups in total. The van der Waals surface area contributed by atoms with Crippen LogP contribution in [0.4, 0.5) is 0 Å². The van der Waals surface area contributed by atoms with E-state index in [0.29, 0.717) is 15.8 Å². The average Bonchev–Trinajstić information content (AvgIpc) is 2.15. The van der Waals surface area contributed by atoms with Crippen LogP contribution in [0.5, 0.6) is 5.75 Å². The molecule has 16 heavy (non-hydrogen) atoms. The van der Waals surface area contributed by atoms with Gasteiger partial charge in [0.2, 0.25) is 0 Å². The normalized spacial score (nSPS) is 11.1. The highest BCUT2D eigenvalue weighted by atomic mass is 79.9. The van der Waals surface area contributed by atoms with Crippen molar-refractivity contribution >= 4 is 21.9 Å². The zero-order valence-electron chi connectivity index (χ0n) is 9.76. The molecule has 1 radical (unpaired) electrons.